The number of hydrogen-bond acceptors (Lipinski definition) is 7. The van der Waals surface area contributed by atoms with E-state index in [0.29, 0.717) is 24.5 Å². The molecular weight excluding hydrogens is 434 g/mol. The van der Waals surface area contributed by atoms with Crippen molar-refractivity contribution in [3.8, 4) is 17.2 Å². The molecule has 7 nitrogen and oxygen atoms in total. The van der Waals surface area contributed by atoms with Crippen molar-refractivity contribution in [3.63, 3.8) is 0 Å². The van der Waals surface area contributed by atoms with Gasteiger partial charge in [-0.25, -0.2) is 4.98 Å². The van der Waals surface area contributed by atoms with Crippen LogP contribution < -0.4 is 4.74 Å². The first-order chi connectivity index (χ1) is 16.1. The molecule has 3 aromatic rings. The van der Waals surface area contributed by atoms with Gasteiger partial charge >= 0.3 is 11.9 Å². The van der Waals surface area contributed by atoms with E-state index in [1.165, 1.54) is 12.7 Å². The summed E-state index contributed by atoms with van der Waals surface area (Å²) in [5.74, 6) is -0.269. The van der Waals surface area contributed by atoms with Gasteiger partial charge in [0.05, 0.1) is 12.8 Å². The highest BCUT2D eigenvalue weighted by molar-refractivity contribution is 5.97. The zero-order chi connectivity index (χ0) is 24.9. The average molecular weight is 464 g/mol. The number of aliphatic hydroxyl groups excluding tert-OH is 1. The average Bonchev–Trinajstić information content (AvgIpc) is 3.18. The summed E-state index contributed by atoms with van der Waals surface area (Å²) in [6, 6.07) is 17.1. The molecule has 0 saturated heterocycles. The fraction of sp³-hybridized carbons (Fsp3) is 0.370. The van der Waals surface area contributed by atoms with Gasteiger partial charge in [-0.15, -0.1) is 0 Å². The zero-order valence-corrected chi connectivity index (χ0v) is 20.1. The molecule has 0 aliphatic carbocycles. The Morgan fingerprint density at radius 3 is 2.56 bits per heavy atom. The number of carbonyl (C=O) groups excluding carboxylic acids is 2. The van der Waals surface area contributed by atoms with Crippen molar-refractivity contribution in [1.29, 1.82) is 0 Å². The van der Waals surface area contributed by atoms with Gasteiger partial charge in [0.25, 0.3) is 0 Å². The molecule has 34 heavy (non-hydrogen) atoms. The van der Waals surface area contributed by atoms with E-state index >= 15 is 0 Å². The molecule has 0 saturated carbocycles. The molecule has 0 fully saturated rings. The molecule has 2 heterocycles. The summed E-state index contributed by atoms with van der Waals surface area (Å²) in [4.78, 5) is 27.1. The number of methoxy groups -OCH3 is 1. The van der Waals surface area contributed by atoms with Gasteiger partial charge in [0, 0.05) is 30.6 Å². The van der Waals surface area contributed by atoms with Crippen LogP contribution >= 0.6 is 0 Å². The second-order valence-corrected chi connectivity index (χ2v) is 8.98. The minimum absolute atomic E-state index is 0.0930. The summed E-state index contributed by atoms with van der Waals surface area (Å²) < 4.78 is 15.1. The minimum Gasteiger partial charge on any atom is -0.468 e. The number of aromatic nitrogens is 1. The van der Waals surface area contributed by atoms with Crippen LogP contribution in [0.1, 0.15) is 43.4 Å². The third kappa shape index (κ3) is 5.83. The second kappa shape index (κ2) is 10.5. The van der Waals surface area contributed by atoms with Gasteiger partial charge in [-0.1, -0.05) is 39.0 Å². The largest absolute Gasteiger partial charge is 0.468 e. The number of aliphatic hydroxyl groups is 1. The van der Waals surface area contributed by atoms with E-state index in [1.807, 2.05) is 19.1 Å². The predicted molar refractivity (Wildman–Crippen MR) is 125 cm³/mol. The molecule has 2 aromatic carbocycles. The van der Waals surface area contributed by atoms with Gasteiger partial charge in [0.2, 0.25) is 5.89 Å². The molecule has 7 heteroatoms. The van der Waals surface area contributed by atoms with E-state index in [9.17, 15) is 9.59 Å². The van der Waals surface area contributed by atoms with Crippen molar-refractivity contribution < 1.29 is 28.6 Å². The topological polar surface area (TPSA) is 98.9 Å². The number of oxazole rings is 1. The number of benzene rings is 1. The number of ether oxygens (including phenoxy) is 2. The third-order valence-corrected chi connectivity index (χ3v) is 5.48. The lowest BCUT2D eigenvalue weighted by Crippen LogP contribution is -2.34. The quantitative estimate of drug-likeness (QED) is 0.461. The Kier molecular flexibility index (Phi) is 7.75. The summed E-state index contributed by atoms with van der Waals surface area (Å²) in [5.41, 5.74) is 4.00. The number of carbonyl (C=O) groups is 2. The lowest BCUT2D eigenvalue weighted by molar-refractivity contribution is -0.156. The van der Waals surface area contributed by atoms with Gasteiger partial charge < -0.3 is 19.0 Å². The van der Waals surface area contributed by atoms with Crippen LogP contribution in [-0.4, -0.2) is 35.7 Å². The predicted octanol–water partition coefficient (Wildman–Crippen LogP) is 4.02. The molecule has 0 radical (unpaired) electrons. The maximum absolute atomic E-state index is 11.4. The molecule has 1 aliphatic rings. The first-order valence-corrected chi connectivity index (χ1v) is 11.0. The normalized spacial score (nSPS) is 14.8. The molecule has 1 aliphatic heterocycles. The molecule has 0 spiro atoms. The fourth-order valence-electron chi connectivity index (χ4n) is 3.46. The van der Waals surface area contributed by atoms with E-state index < -0.39 is 17.9 Å². The maximum atomic E-state index is 11.4. The number of esters is 2. The van der Waals surface area contributed by atoms with Crippen LogP contribution in [-0.2, 0) is 32.6 Å². The van der Waals surface area contributed by atoms with Crippen molar-refractivity contribution in [2.45, 2.75) is 46.0 Å². The summed E-state index contributed by atoms with van der Waals surface area (Å²) in [6.45, 7) is 8.55. The number of nitrogens with zero attached hydrogens (tertiary/aromatic N) is 1. The molecule has 1 aromatic heterocycles. The minimum atomic E-state index is -0.863. The highest BCUT2D eigenvalue weighted by Gasteiger charge is 2.35. The summed E-state index contributed by atoms with van der Waals surface area (Å²) in [5, 5.41) is 8.97. The van der Waals surface area contributed by atoms with Crippen LogP contribution in [0.5, 0.6) is 5.75 Å². The fourth-order valence-corrected chi connectivity index (χ4v) is 3.46. The lowest BCUT2D eigenvalue weighted by atomic mass is 9.87. The smallest absolute Gasteiger partial charge is 0.326 e. The van der Waals surface area contributed by atoms with Gasteiger partial charge in [0.15, 0.2) is 11.7 Å². The Bertz CT molecular complexity index is 1140. The van der Waals surface area contributed by atoms with Crippen molar-refractivity contribution in [1.82, 2.24) is 4.98 Å². The molecule has 1 unspecified atom stereocenters. The van der Waals surface area contributed by atoms with Crippen LogP contribution in [0.25, 0.3) is 11.5 Å². The van der Waals surface area contributed by atoms with Gasteiger partial charge in [-0.2, -0.15) is 0 Å². The van der Waals surface area contributed by atoms with Crippen molar-refractivity contribution in [3.05, 3.63) is 71.1 Å². The SMILES string of the molecule is COC(=O)C1Cc2ccc#cc2OC1=O.Cc1oc(-c2ccc(C(C)(C)C)cc2)nc1CCO. The summed E-state index contributed by atoms with van der Waals surface area (Å²) in [7, 11) is 1.25. The standard InChI is InChI=1S/C16H21NO2.C11H8O4/c1-11-14(9-10-18)17-15(19-11)12-5-7-13(8-6-12)16(2,3)4;1-14-10(12)8-6-7-4-2-3-5-9(7)15-11(8)13/h5-8,18H,9-10H2,1-4H3;2,4,8H,6H2,1H3. The molecule has 0 amide bonds. The second-order valence-electron chi connectivity index (χ2n) is 8.98. The Morgan fingerprint density at radius 1 is 1.24 bits per heavy atom. The highest BCUT2D eigenvalue weighted by atomic mass is 16.6. The van der Waals surface area contributed by atoms with Crippen LogP contribution in [0.4, 0.5) is 0 Å². The highest BCUT2D eigenvalue weighted by Crippen LogP contribution is 2.27. The molecule has 178 valence electrons. The number of fused-ring (bicyclic) bond motifs is 1. The van der Waals surface area contributed by atoms with Crippen LogP contribution in [0.15, 0.2) is 40.8 Å². The lowest BCUT2D eigenvalue weighted by Gasteiger charge is -2.19. The Balaban J connectivity index is 0.000000196. The van der Waals surface area contributed by atoms with Crippen molar-refractivity contribution in [2.75, 3.05) is 13.7 Å². The number of aryl methyl sites for hydroxylation is 1. The zero-order valence-electron chi connectivity index (χ0n) is 20.1. The van der Waals surface area contributed by atoms with E-state index in [0.717, 1.165) is 22.6 Å². The van der Waals surface area contributed by atoms with Crippen molar-refractivity contribution >= 4 is 11.9 Å². The molecule has 1 atom stereocenters. The number of hydrogen-bond donors (Lipinski definition) is 1. The van der Waals surface area contributed by atoms with Crippen LogP contribution in [0, 0.1) is 25.0 Å². The molecular formula is C27H29NO6. The van der Waals surface area contributed by atoms with E-state index in [1.54, 1.807) is 12.1 Å². The van der Waals surface area contributed by atoms with Gasteiger partial charge in [0.1, 0.15) is 5.76 Å². The van der Waals surface area contributed by atoms with Crippen molar-refractivity contribution in [2.24, 2.45) is 5.92 Å². The van der Waals surface area contributed by atoms with E-state index in [2.05, 4.69) is 54.8 Å². The molecule has 1 N–H and O–H groups in total. The van der Waals surface area contributed by atoms with E-state index in [-0.39, 0.29) is 12.0 Å². The first-order valence-electron chi connectivity index (χ1n) is 11.0. The summed E-state index contributed by atoms with van der Waals surface area (Å²) in [6.07, 6.45) is 0.835. The summed E-state index contributed by atoms with van der Waals surface area (Å²) >= 11 is 0. The van der Waals surface area contributed by atoms with Gasteiger partial charge in [-0.05, 0) is 48.2 Å². The Morgan fingerprint density at radius 2 is 1.94 bits per heavy atom. The molecule has 4 rings (SSSR count). The third-order valence-electron chi connectivity index (χ3n) is 5.48. The van der Waals surface area contributed by atoms with Crippen LogP contribution in [0.3, 0.4) is 0 Å². The first kappa shape index (κ1) is 25.0. The Hall–Kier alpha value is -3.63. The number of rotatable bonds is 4. The van der Waals surface area contributed by atoms with E-state index in [4.69, 9.17) is 14.3 Å². The Labute approximate surface area is 199 Å². The van der Waals surface area contributed by atoms with Gasteiger partial charge in [-0.3, -0.25) is 9.59 Å². The van der Waals surface area contributed by atoms with Crippen LogP contribution in [0.2, 0.25) is 0 Å². The monoisotopic (exact) mass is 463 g/mol. The molecule has 0 bridgehead atoms. The maximum Gasteiger partial charge on any atom is 0.326 e.